The van der Waals surface area contributed by atoms with Gasteiger partial charge in [-0.15, -0.1) is 0 Å². The number of nitrogens with one attached hydrogen (secondary N) is 1. The van der Waals surface area contributed by atoms with Crippen LogP contribution < -0.4 is 5.32 Å². The molecule has 1 aliphatic heterocycles. The summed E-state index contributed by atoms with van der Waals surface area (Å²) >= 11 is 0. The maximum atomic E-state index is 13.3. The first-order chi connectivity index (χ1) is 8.16. The average molecular weight is 241 g/mol. The second-order valence-electron chi connectivity index (χ2n) is 4.23. The molecule has 1 N–H and O–H groups in total. The van der Waals surface area contributed by atoms with Crippen LogP contribution in [0.1, 0.15) is 18.4 Å². The predicted molar refractivity (Wildman–Crippen MR) is 60.9 cm³/mol. The molecule has 1 saturated heterocycles. The highest BCUT2D eigenvalue weighted by Gasteiger charge is 2.11. The Balaban J connectivity index is 2.12. The molecule has 0 bridgehead atoms. The summed E-state index contributed by atoms with van der Waals surface area (Å²) in [6.07, 6.45) is 5.38. The lowest BCUT2D eigenvalue weighted by atomic mass is 9.97. The molecule has 1 heterocycles. The van der Waals surface area contributed by atoms with Gasteiger partial charge in [-0.25, -0.2) is 13.2 Å². The Kier molecular flexibility index (Phi) is 3.84. The van der Waals surface area contributed by atoms with E-state index in [0.717, 1.165) is 32.0 Å². The van der Waals surface area contributed by atoms with Gasteiger partial charge in [0, 0.05) is 11.6 Å². The van der Waals surface area contributed by atoms with E-state index in [4.69, 9.17) is 0 Å². The molecule has 2 rings (SSSR count). The number of piperidine rings is 1. The highest BCUT2D eigenvalue weighted by atomic mass is 19.2. The first kappa shape index (κ1) is 12.2. The van der Waals surface area contributed by atoms with Crippen molar-refractivity contribution in [3.63, 3.8) is 0 Å². The molecular formula is C13H14F3N. The molecule has 1 aliphatic rings. The van der Waals surface area contributed by atoms with Crippen molar-refractivity contribution >= 4 is 6.08 Å². The molecule has 0 saturated carbocycles. The van der Waals surface area contributed by atoms with Crippen LogP contribution >= 0.6 is 0 Å². The summed E-state index contributed by atoms with van der Waals surface area (Å²) in [4.78, 5) is 0. The maximum Gasteiger partial charge on any atom is 0.161 e. The van der Waals surface area contributed by atoms with Gasteiger partial charge >= 0.3 is 0 Å². The quantitative estimate of drug-likeness (QED) is 0.784. The van der Waals surface area contributed by atoms with Crippen molar-refractivity contribution in [1.29, 1.82) is 0 Å². The summed E-state index contributed by atoms with van der Waals surface area (Å²) in [5, 5.41) is 3.22. The van der Waals surface area contributed by atoms with Crippen molar-refractivity contribution in [3.05, 3.63) is 41.2 Å². The van der Waals surface area contributed by atoms with Crippen molar-refractivity contribution in [2.24, 2.45) is 5.92 Å². The Hall–Kier alpha value is -1.29. The summed E-state index contributed by atoms with van der Waals surface area (Å²) in [5.41, 5.74) is 0.0995. The van der Waals surface area contributed by atoms with E-state index in [1.807, 2.05) is 6.08 Å². The molecule has 92 valence electrons. The largest absolute Gasteiger partial charge is 0.317 e. The first-order valence-corrected chi connectivity index (χ1v) is 5.70. The topological polar surface area (TPSA) is 12.0 Å². The van der Waals surface area contributed by atoms with Crippen LogP contribution in [-0.2, 0) is 0 Å². The van der Waals surface area contributed by atoms with E-state index in [0.29, 0.717) is 12.0 Å². The van der Waals surface area contributed by atoms with E-state index in [9.17, 15) is 13.2 Å². The number of benzene rings is 1. The molecule has 0 atom stereocenters. The van der Waals surface area contributed by atoms with Gasteiger partial charge in [-0.2, -0.15) is 0 Å². The van der Waals surface area contributed by atoms with E-state index in [2.05, 4.69) is 5.32 Å². The monoisotopic (exact) mass is 241 g/mol. The minimum Gasteiger partial charge on any atom is -0.317 e. The molecule has 4 heteroatoms. The molecule has 1 fully saturated rings. The van der Waals surface area contributed by atoms with Crippen LogP contribution in [0.15, 0.2) is 18.2 Å². The predicted octanol–water partition coefficient (Wildman–Crippen LogP) is 3.12. The minimum atomic E-state index is -1.15. The van der Waals surface area contributed by atoms with E-state index >= 15 is 0 Å². The molecule has 0 radical (unpaired) electrons. The molecule has 1 aromatic carbocycles. The van der Waals surface area contributed by atoms with Crippen molar-refractivity contribution in [2.45, 2.75) is 12.8 Å². The third-order valence-electron chi connectivity index (χ3n) is 2.97. The zero-order chi connectivity index (χ0) is 12.3. The fourth-order valence-corrected chi connectivity index (χ4v) is 1.94. The van der Waals surface area contributed by atoms with Crippen LogP contribution in [0.25, 0.3) is 6.08 Å². The number of hydrogen-bond donors (Lipinski definition) is 1. The van der Waals surface area contributed by atoms with E-state index in [1.54, 1.807) is 0 Å². The fourth-order valence-electron chi connectivity index (χ4n) is 1.94. The highest BCUT2D eigenvalue weighted by molar-refractivity contribution is 5.50. The van der Waals surface area contributed by atoms with Gasteiger partial charge in [0.15, 0.2) is 11.6 Å². The maximum absolute atomic E-state index is 13.3. The third kappa shape index (κ3) is 3.09. The zero-order valence-electron chi connectivity index (χ0n) is 9.35. The number of hydrogen-bond acceptors (Lipinski definition) is 1. The Morgan fingerprint density at radius 1 is 1.00 bits per heavy atom. The average Bonchev–Trinajstić information content (AvgIpc) is 2.33. The van der Waals surface area contributed by atoms with Crippen LogP contribution in [0.4, 0.5) is 13.2 Å². The Bertz CT molecular complexity index is 423. The highest BCUT2D eigenvalue weighted by Crippen LogP contribution is 2.18. The number of halogens is 3. The van der Waals surface area contributed by atoms with Crippen LogP contribution in [-0.4, -0.2) is 13.1 Å². The minimum absolute atomic E-state index is 0.0995. The summed E-state index contributed by atoms with van der Waals surface area (Å²) in [7, 11) is 0. The number of allylic oxidation sites excluding steroid dienone is 1. The molecule has 0 aromatic heterocycles. The van der Waals surface area contributed by atoms with Crippen LogP contribution in [0, 0.1) is 23.4 Å². The first-order valence-electron chi connectivity index (χ1n) is 5.70. The van der Waals surface area contributed by atoms with Gasteiger partial charge in [-0.3, -0.25) is 0 Å². The van der Waals surface area contributed by atoms with Crippen LogP contribution in [0.2, 0.25) is 0 Å². The Morgan fingerprint density at radius 2 is 1.65 bits per heavy atom. The van der Waals surface area contributed by atoms with E-state index in [1.165, 1.54) is 6.08 Å². The van der Waals surface area contributed by atoms with Gasteiger partial charge < -0.3 is 5.32 Å². The standard InChI is InChI=1S/C13H14F3N/c14-11-8-13(16)12(15)7-10(11)2-1-9-3-5-17-6-4-9/h1-2,7-9,17H,3-6H2/b2-1+. The SMILES string of the molecule is Fc1cc(F)c(/C=C/C2CCNCC2)cc1F. The van der Waals surface area contributed by atoms with Crippen molar-refractivity contribution < 1.29 is 13.2 Å². The van der Waals surface area contributed by atoms with Gasteiger partial charge in [0.05, 0.1) is 0 Å². The van der Waals surface area contributed by atoms with Crippen molar-refractivity contribution in [3.8, 4) is 0 Å². The van der Waals surface area contributed by atoms with Crippen LogP contribution in [0.3, 0.4) is 0 Å². The Labute approximate surface area is 98.3 Å². The van der Waals surface area contributed by atoms with Gasteiger partial charge in [-0.05, 0) is 37.9 Å². The third-order valence-corrected chi connectivity index (χ3v) is 2.97. The lowest BCUT2D eigenvalue weighted by molar-refractivity contribution is 0.437. The lowest BCUT2D eigenvalue weighted by Gasteiger charge is -2.19. The fraction of sp³-hybridized carbons (Fsp3) is 0.385. The molecule has 0 unspecified atom stereocenters. The van der Waals surface area contributed by atoms with Gasteiger partial charge in [-0.1, -0.05) is 12.2 Å². The second-order valence-corrected chi connectivity index (χ2v) is 4.23. The smallest absolute Gasteiger partial charge is 0.161 e. The van der Waals surface area contributed by atoms with Crippen molar-refractivity contribution in [1.82, 2.24) is 5.32 Å². The number of rotatable bonds is 2. The molecule has 1 nitrogen and oxygen atoms in total. The summed E-state index contributed by atoms with van der Waals surface area (Å²) < 4.78 is 39.0. The van der Waals surface area contributed by atoms with Gasteiger partial charge in [0.1, 0.15) is 5.82 Å². The normalized spacial score (nSPS) is 17.8. The van der Waals surface area contributed by atoms with Gasteiger partial charge in [0.2, 0.25) is 0 Å². The van der Waals surface area contributed by atoms with E-state index in [-0.39, 0.29) is 5.56 Å². The Morgan fingerprint density at radius 3 is 2.35 bits per heavy atom. The second kappa shape index (κ2) is 5.36. The summed E-state index contributed by atoms with van der Waals surface area (Å²) in [6, 6.07) is 1.47. The molecule has 0 spiro atoms. The molecule has 17 heavy (non-hydrogen) atoms. The summed E-state index contributed by atoms with van der Waals surface area (Å²) in [5.74, 6) is -2.52. The van der Waals surface area contributed by atoms with Crippen molar-refractivity contribution in [2.75, 3.05) is 13.1 Å². The zero-order valence-corrected chi connectivity index (χ0v) is 9.35. The molecule has 1 aromatic rings. The summed E-state index contributed by atoms with van der Waals surface area (Å²) in [6.45, 7) is 1.88. The van der Waals surface area contributed by atoms with E-state index < -0.39 is 17.5 Å². The van der Waals surface area contributed by atoms with Crippen LogP contribution in [0.5, 0.6) is 0 Å². The lowest BCUT2D eigenvalue weighted by Crippen LogP contribution is -2.26. The molecular weight excluding hydrogens is 227 g/mol. The molecule has 0 amide bonds. The molecule has 0 aliphatic carbocycles. The van der Waals surface area contributed by atoms with Gasteiger partial charge in [0.25, 0.3) is 0 Å².